The summed E-state index contributed by atoms with van der Waals surface area (Å²) in [4.78, 5) is -0.411. The molecule has 0 aliphatic carbocycles. The number of aromatic hydroxyl groups is 1. The Hall–Kier alpha value is -0.540. The Kier molecular flexibility index (Phi) is 2.98. The van der Waals surface area contributed by atoms with E-state index in [1.54, 1.807) is 0 Å². The van der Waals surface area contributed by atoms with Gasteiger partial charge in [0, 0.05) is 6.07 Å². The van der Waals surface area contributed by atoms with Gasteiger partial charge in [-0.1, -0.05) is 0 Å². The van der Waals surface area contributed by atoms with Crippen molar-refractivity contribution in [2.45, 2.75) is 4.90 Å². The molecule has 72 valence electrons. The van der Waals surface area contributed by atoms with Crippen LogP contribution in [0.25, 0.3) is 0 Å². The molecular weight excluding hydrogens is 311 g/mol. The minimum absolute atomic E-state index is 0.200. The van der Waals surface area contributed by atoms with E-state index in [9.17, 15) is 11.5 Å². The maximum Gasteiger partial charge on any atom is 0.294 e. The van der Waals surface area contributed by atoms with Crippen LogP contribution in [0.4, 0.5) is 0 Å². The van der Waals surface area contributed by atoms with Gasteiger partial charge >= 0.3 is 0 Å². The molecule has 0 unspecified atom stereocenters. The van der Waals surface area contributed by atoms with Crippen LogP contribution in [0.15, 0.2) is 23.1 Å². The van der Waals surface area contributed by atoms with Crippen LogP contribution in [0.2, 0.25) is 0 Å². The fourth-order valence-corrected chi connectivity index (χ4v) is 1.93. The van der Waals surface area contributed by atoms with E-state index in [0.29, 0.717) is 0 Å². The van der Waals surface area contributed by atoms with Crippen LogP contribution in [-0.2, 0) is 13.2 Å². The van der Waals surface area contributed by atoms with Gasteiger partial charge in [-0.05, 0) is 12.1 Å². The number of phenols is 1. The molecule has 1 rings (SSSR count). The maximum atomic E-state index is 10.6. The SMILES string of the molecule is O=Ic1ccc(S(=O)(=O)O)cc1O. The number of hydrogen-bond acceptors (Lipinski definition) is 4. The molecule has 0 spiro atoms. The Morgan fingerprint density at radius 2 is 1.92 bits per heavy atom. The van der Waals surface area contributed by atoms with Crippen LogP contribution in [0, 0.1) is 3.57 Å². The van der Waals surface area contributed by atoms with Gasteiger partial charge in [0.25, 0.3) is 10.1 Å². The number of phenolic OH excluding ortho intramolecular Hbond substituents is 1. The van der Waals surface area contributed by atoms with Gasteiger partial charge in [-0.2, -0.15) is 8.42 Å². The summed E-state index contributed by atoms with van der Waals surface area (Å²) in [5.41, 5.74) is 0. The molecule has 0 radical (unpaired) electrons. The second-order valence-electron chi connectivity index (χ2n) is 2.17. The highest BCUT2D eigenvalue weighted by molar-refractivity contribution is 14.1. The van der Waals surface area contributed by atoms with E-state index < -0.39 is 36.2 Å². The van der Waals surface area contributed by atoms with E-state index in [-0.39, 0.29) is 9.32 Å². The number of halogens is 1. The maximum absolute atomic E-state index is 10.6. The summed E-state index contributed by atoms with van der Waals surface area (Å²) in [6.07, 6.45) is 0. The monoisotopic (exact) mass is 316 g/mol. The van der Waals surface area contributed by atoms with Crippen molar-refractivity contribution in [1.29, 1.82) is 0 Å². The molecule has 2 N–H and O–H groups in total. The van der Waals surface area contributed by atoms with Crippen molar-refractivity contribution in [3.05, 3.63) is 21.8 Å². The van der Waals surface area contributed by atoms with E-state index in [1.165, 1.54) is 6.07 Å². The molecule has 13 heavy (non-hydrogen) atoms. The van der Waals surface area contributed by atoms with Gasteiger partial charge in [-0.3, -0.25) is 7.62 Å². The zero-order valence-corrected chi connectivity index (χ0v) is 9.11. The van der Waals surface area contributed by atoms with E-state index in [0.717, 1.165) is 12.1 Å². The predicted molar refractivity (Wildman–Crippen MR) is 51.3 cm³/mol. The molecular formula is C6H5IO5S. The van der Waals surface area contributed by atoms with Crippen molar-refractivity contribution >= 4 is 31.3 Å². The van der Waals surface area contributed by atoms with Crippen molar-refractivity contribution in [3.8, 4) is 5.75 Å². The Bertz CT molecular complexity index is 438. The van der Waals surface area contributed by atoms with Gasteiger partial charge in [0.05, 0.1) is 8.47 Å². The van der Waals surface area contributed by atoms with Crippen LogP contribution in [0.5, 0.6) is 5.75 Å². The largest absolute Gasteiger partial charge is 0.507 e. The highest BCUT2D eigenvalue weighted by Crippen LogP contribution is 2.25. The topological polar surface area (TPSA) is 91.7 Å². The summed E-state index contributed by atoms with van der Waals surface area (Å²) in [6.45, 7) is 0. The minimum atomic E-state index is -4.30. The van der Waals surface area contributed by atoms with Gasteiger partial charge in [0.2, 0.25) is 0 Å². The molecule has 0 bridgehead atoms. The summed E-state index contributed by atoms with van der Waals surface area (Å²) in [6, 6.07) is 3.16. The molecule has 0 aliphatic heterocycles. The first-order chi connectivity index (χ1) is 5.95. The Balaban J connectivity index is 3.34. The predicted octanol–water partition coefficient (Wildman–Crippen LogP) is 1.12. The highest BCUT2D eigenvalue weighted by atomic mass is 127. The molecule has 7 heteroatoms. The van der Waals surface area contributed by atoms with Crippen molar-refractivity contribution in [3.63, 3.8) is 0 Å². The molecule has 0 atom stereocenters. The molecule has 0 aromatic heterocycles. The smallest absolute Gasteiger partial charge is 0.294 e. The van der Waals surface area contributed by atoms with Crippen LogP contribution in [-0.4, -0.2) is 18.1 Å². The molecule has 0 saturated heterocycles. The summed E-state index contributed by atoms with van der Waals surface area (Å²) in [5, 5.41) is 9.11. The molecule has 0 aliphatic rings. The van der Waals surface area contributed by atoms with E-state index in [1.807, 2.05) is 0 Å². The van der Waals surface area contributed by atoms with Crippen LogP contribution < -0.4 is 0 Å². The molecule has 0 fully saturated rings. The first-order valence-corrected chi connectivity index (χ1v) is 6.42. The highest BCUT2D eigenvalue weighted by Gasteiger charge is 2.11. The normalized spacial score (nSPS) is 11.5. The van der Waals surface area contributed by atoms with Crippen LogP contribution in [0.1, 0.15) is 0 Å². The molecule has 0 heterocycles. The lowest BCUT2D eigenvalue weighted by molar-refractivity contribution is 0.463. The van der Waals surface area contributed by atoms with Gasteiger partial charge in [-0.25, -0.2) is 0 Å². The first-order valence-electron chi connectivity index (χ1n) is 3.02. The molecule has 1 aromatic rings. The Morgan fingerprint density at radius 3 is 2.31 bits per heavy atom. The fourth-order valence-electron chi connectivity index (χ4n) is 0.718. The Morgan fingerprint density at radius 1 is 1.31 bits per heavy atom. The van der Waals surface area contributed by atoms with E-state index in [2.05, 4.69) is 0 Å². The molecule has 5 nitrogen and oxygen atoms in total. The lowest BCUT2D eigenvalue weighted by atomic mass is 10.3. The third-order valence-electron chi connectivity index (χ3n) is 1.30. The number of rotatable bonds is 2. The average molecular weight is 316 g/mol. The van der Waals surface area contributed by atoms with Gasteiger partial charge in [0.15, 0.2) is 21.2 Å². The van der Waals surface area contributed by atoms with E-state index >= 15 is 0 Å². The van der Waals surface area contributed by atoms with Crippen LogP contribution >= 0.6 is 21.2 Å². The number of hydrogen-bond donors (Lipinski definition) is 2. The molecule has 1 aromatic carbocycles. The lowest BCUT2D eigenvalue weighted by Crippen LogP contribution is -1.97. The zero-order valence-electron chi connectivity index (χ0n) is 6.14. The van der Waals surface area contributed by atoms with Gasteiger partial charge in [0.1, 0.15) is 5.75 Å². The van der Waals surface area contributed by atoms with Crippen molar-refractivity contribution < 1.29 is 21.1 Å². The van der Waals surface area contributed by atoms with Crippen molar-refractivity contribution in [1.82, 2.24) is 0 Å². The fraction of sp³-hybridized carbons (Fsp3) is 0. The quantitative estimate of drug-likeness (QED) is 0.630. The van der Waals surface area contributed by atoms with Crippen LogP contribution in [0.3, 0.4) is 0 Å². The lowest BCUT2D eigenvalue weighted by Gasteiger charge is -1.98. The molecule has 0 amide bonds. The van der Waals surface area contributed by atoms with Gasteiger partial charge in [-0.15, -0.1) is 0 Å². The third-order valence-corrected chi connectivity index (χ3v) is 3.53. The van der Waals surface area contributed by atoms with E-state index in [4.69, 9.17) is 9.66 Å². The second kappa shape index (κ2) is 3.68. The summed E-state index contributed by atoms with van der Waals surface area (Å²) in [5.74, 6) is -0.377. The summed E-state index contributed by atoms with van der Waals surface area (Å²) < 4.78 is 40.3. The molecule has 0 saturated carbocycles. The zero-order chi connectivity index (χ0) is 10.1. The first kappa shape index (κ1) is 10.5. The Labute approximate surface area is 84.8 Å². The summed E-state index contributed by atoms with van der Waals surface area (Å²) in [7, 11) is -4.30. The summed E-state index contributed by atoms with van der Waals surface area (Å²) >= 11 is -1.54. The van der Waals surface area contributed by atoms with Crippen molar-refractivity contribution in [2.24, 2.45) is 0 Å². The minimum Gasteiger partial charge on any atom is -0.507 e. The number of benzene rings is 1. The average Bonchev–Trinajstić information content (AvgIpc) is 2.02. The van der Waals surface area contributed by atoms with Gasteiger partial charge < -0.3 is 5.11 Å². The third kappa shape index (κ3) is 2.45. The second-order valence-corrected chi connectivity index (χ2v) is 5.19. The van der Waals surface area contributed by atoms with Crippen molar-refractivity contribution in [2.75, 3.05) is 0 Å². The standard InChI is InChI=1S/C6H5IO5S/c8-6-3-4(13(10,11)12)1-2-5(6)7-9/h1-3,8H,(H,10,11,12).